The summed E-state index contributed by atoms with van der Waals surface area (Å²) in [6.07, 6.45) is 9.53. The van der Waals surface area contributed by atoms with Gasteiger partial charge in [-0.05, 0) is 25.7 Å². The largest absolute Gasteiger partial charge is 0.336 e. The van der Waals surface area contributed by atoms with Crippen LogP contribution < -0.4 is 0 Å². The molecule has 1 amide bonds. The van der Waals surface area contributed by atoms with Gasteiger partial charge in [0.1, 0.15) is 0 Å². The lowest BCUT2D eigenvalue weighted by Crippen LogP contribution is -2.33. The van der Waals surface area contributed by atoms with E-state index in [1.54, 1.807) is 6.08 Å². The monoisotopic (exact) mass is 219 g/mol. The number of carbonyl (C=O) groups is 1. The van der Waals surface area contributed by atoms with Gasteiger partial charge < -0.3 is 4.90 Å². The zero-order valence-electron chi connectivity index (χ0n) is 9.90. The Bertz CT molecular complexity index is 282. The Balaban J connectivity index is 2.48. The van der Waals surface area contributed by atoms with E-state index in [1.807, 2.05) is 17.1 Å². The van der Waals surface area contributed by atoms with Crippen LogP contribution in [0.2, 0.25) is 0 Å². The fraction of sp³-hybridized carbons (Fsp3) is 0.500. The van der Waals surface area contributed by atoms with Gasteiger partial charge in [0.15, 0.2) is 0 Å². The first-order chi connectivity index (χ1) is 7.74. The van der Waals surface area contributed by atoms with Crippen molar-refractivity contribution in [3.63, 3.8) is 0 Å². The molecule has 0 N–H and O–H groups in total. The fourth-order valence-corrected chi connectivity index (χ4v) is 2.13. The third kappa shape index (κ3) is 2.84. The zero-order valence-corrected chi connectivity index (χ0v) is 9.90. The molecule has 2 heteroatoms. The SMILES string of the molecule is C=CCCCCN1C(=O)[C@@H](C=C)C[C@H]1C=C. The summed E-state index contributed by atoms with van der Waals surface area (Å²) in [5.74, 6) is 0.195. The van der Waals surface area contributed by atoms with Gasteiger partial charge in [0.2, 0.25) is 5.91 Å². The van der Waals surface area contributed by atoms with Crippen LogP contribution in [0.3, 0.4) is 0 Å². The Morgan fingerprint density at radius 2 is 2.00 bits per heavy atom. The summed E-state index contributed by atoms with van der Waals surface area (Å²) in [5, 5.41) is 0. The second kappa shape index (κ2) is 6.31. The highest BCUT2D eigenvalue weighted by atomic mass is 16.2. The van der Waals surface area contributed by atoms with Crippen molar-refractivity contribution in [2.24, 2.45) is 5.92 Å². The van der Waals surface area contributed by atoms with Crippen LogP contribution in [0.25, 0.3) is 0 Å². The summed E-state index contributed by atoms with van der Waals surface area (Å²) >= 11 is 0. The minimum Gasteiger partial charge on any atom is -0.336 e. The smallest absolute Gasteiger partial charge is 0.230 e. The van der Waals surface area contributed by atoms with Gasteiger partial charge in [0, 0.05) is 6.54 Å². The van der Waals surface area contributed by atoms with Gasteiger partial charge in [-0.15, -0.1) is 19.7 Å². The van der Waals surface area contributed by atoms with E-state index in [0.717, 1.165) is 32.2 Å². The topological polar surface area (TPSA) is 20.3 Å². The Kier molecular flexibility index (Phi) is 5.03. The van der Waals surface area contributed by atoms with Gasteiger partial charge in [-0.3, -0.25) is 4.79 Å². The molecule has 0 bridgehead atoms. The molecule has 0 aromatic heterocycles. The highest BCUT2D eigenvalue weighted by molar-refractivity contribution is 5.83. The first-order valence-electron chi connectivity index (χ1n) is 5.91. The zero-order chi connectivity index (χ0) is 12.0. The van der Waals surface area contributed by atoms with Crippen LogP contribution in [0.5, 0.6) is 0 Å². The van der Waals surface area contributed by atoms with Gasteiger partial charge >= 0.3 is 0 Å². The Hall–Kier alpha value is -1.31. The summed E-state index contributed by atoms with van der Waals surface area (Å²) < 4.78 is 0. The van der Waals surface area contributed by atoms with E-state index in [1.165, 1.54) is 0 Å². The number of nitrogens with zero attached hydrogens (tertiary/aromatic N) is 1. The number of hydrogen-bond acceptors (Lipinski definition) is 1. The van der Waals surface area contributed by atoms with Crippen LogP contribution in [0.15, 0.2) is 38.0 Å². The number of carbonyl (C=O) groups excluding carboxylic acids is 1. The Morgan fingerprint density at radius 3 is 2.56 bits per heavy atom. The molecule has 0 aromatic rings. The third-order valence-corrected chi connectivity index (χ3v) is 3.11. The van der Waals surface area contributed by atoms with Crippen molar-refractivity contribution >= 4 is 5.91 Å². The number of amides is 1. The van der Waals surface area contributed by atoms with Crippen LogP contribution >= 0.6 is 0 Å². The average Bonchev–Trinajstić information content (AvgIpc) is 2.61. The molecule has 0 unspecified atom stereocenters. The molecule has 88 valence electrons. The molecule has 0 spiro atoms. The number of hydrogen-bond donors (Lipinski definition) is 0. The molecule has 1 aliphatic rings. The molecule has 1 saturated heterocycles. The third-order valence-electron chi connectivity index (χ3n) is 3.11. The fourth-order valence-electron chi connectivity index (χ4n) is 2.13. The molecule has 0 saturated carbocycles. The van der Waals surface area contributed by atoms with Crippen LogP contribution in [-0.2, 0) is 4.79 Å². The standard InChI is InChI=1S/C14H21NO/c1-4-7-8-9-10-15-13(6-3)11-12(5-2)14(15)16/h4-6,12-13H,1-3,7-11H2/t12-,13+/m0/s1. The molecule has 16 heavy (non-hydrogen) atoms. The minimum atomic E-state index is -0.0117. The second-order valence-corrected chi connectivity index (χ2v) is 4.20. The summed E-state index contributed by atoms with van der Waals surface area (Å²) in [5.41, 5.74) is 0. The quantitative estimate of drug-likeness (QED) is 0.476. The molecule has 2 atom stereocenters. The summed E-state index contributed by atoms with van der Waals surface area (Å²) in [6, 6.07) is 0.194. The molecule has 1 heterocycles. The normalized spacial score (nSPS) is 24.5. The molecule has 1 fully saturated rings. The van der Waals surface area contributed by atoms with E-state index in [0.29, 0.717) is 0 Å². The number of allylic oxidation sites excluding steroid dienone is 1. The van der Waals surface area contributed by atoms with Crippen molar-refractivity contribution in [3.05, 3.63) is 38.0 Å². The first-order valence-corrected chi connectivity index (χ1v) is 5.91. The minimum absolute atomic E-state index is 0.0117. The van der Waals surface area contributed by atoms with Crippen LogP contribution in [-0.4, -0.2) is 23.4 Å². The van der Waals surface area contributed by atoms with Crippen LogP contribution in [0.1, 0.15) is 25.7 Å². The predicted molar refractivity (Wildman–Crippen MR) is 68.1 cm³/mol. The van der Waals surface area contributed by atoms with E-state index < -0.39 is 0 Å². The van der Waals surface area contributed by atoms with Crippen LogP contribution in [0.4, 0.5) is 0 Å². The van der Waals surface area contributed by atoms with Gasteiger partial charge in [-0.1, -0.05) is 18.2 Å². The first kappa shape index (κ1) is 12.8. The van der Waals surface area contributed by atoms with E-state index in [2.05, 4.69) is 19.7 Å². The molecule has 0 aliphatic carbocycles. The van der Waals surface area contributed by atoms with E-state index in [4.69, 9.17) is 0 Å². The van der Waals surface area contributed by atoms with Crippen LogP contribution in [0, 0.1) is 5.92 Å². The van der Waals surface area contributed by atoms with E-state index in [9.17, 15) is 4.79 Å². The van der Waals surface area contributed by atoms with Crippen molar-refractivity contribution < 1.29 is 4.79 Å². The molecule has 0 radical (unpaired) electrons. The molecule has 0 aromatic carbocycles. The lowest BCUT2D eigenvalue weighted by Gasteiger charge is -2.21. The van der Waals surface area contributed by atoms with Gasteiger partial charge in [0.05, 0.1) is 12.0 Å². The highest BCUT2D eigenvalue weighted by Crippen LogP contribution is 2.26. The van der Waals surface area contributed by atoms with E-state index in [-0.39, 0.29) is 17.9 Å². The summed E-state index contributed by atoms with van der Waals surface area (Å²) in [6.45, 7) is 12.0. The van der Waals surface area contributed by atoms with Gasteiger partial charge in [0.25, 0.3) is 0 Å². The van der Waals surface area contributed by atoms with Crippen molar-refractivity contribution in [2.75, 3.05) is 6.54 Å². The molecule has 2 nitrogen and oxygen atoms in total. The highest BCUT2D eigenvalue weighted by Gasteiger charge is 2.35. The van der Waals surface area contributed by atoms with Gasteiger partial charge in [-0.25, -0.2) is 0 Å². The predicted octanol–water partition coefficient (Wildman–Crippen LogP) is 2.93. The summed E-state index contributed by atoms with van der Waals surface area (Å²) in [4.78, 5) is 13.9. The van der Waals surface area contributed by atoms with Crippen molar-refractivity contribution in [3.8, 4) is 0 Å². The lowest BCUT2D eigenvalue weighted by molar-refractivity contribution is -0.130. The maximum absolute atomic E-state index is 12.0. The van der Waals surface area contributed by atoms with Crippen molar-refractivity contribution in [2.45, 2.75) is 31.7 Å². The molecular weight excluding hydrogens is 198 g/mol. The maximum atomic E-state index is 12.0. The summed E-state index contributed by atoms with van der Waals surface area (Å²) in [7, 11) is 0. The van der Waals surface area contributed by atoms with Crippen molar-refractivity contribution in [1.82, 2.24) is 4.90 Å². The molecular formula is C14H21NO. The second-order valence-electron chi connectivity index (χ2n) is 4.20. The Labute approximate surface area is 98.3 Å². The lowest BCUT2D eigenvalue weighted by atomic mass is 10.1. The number of likely N-dealkylation sites (tertiary alicyclic amines) is 1. The maximum Gasteiger partial charge on any atom is 0.230 e. The Morgan fingerprint density at radius 1 is 1.25 bits per heavy atom. The average molecular weight is 219 g/mol. The van der Waals surface area contributed by atoms with Gasteiger partial charge in [-0.2, -0.15) is 0 Å². The molecule has 1 rings (SSSR count). The number of rotatable bonds is 7. The van der Waals surface area contributed by atoms with Crippen molar-refractivity contribution in [1.29, 1.82) is 0 Å². The molecule has 1 aliphatic heterocycles. The number of unbranched alkanes of at least 4 members (excludes halogenated alkanes) is 2. The van der Waals surface area contributed by atoms with E-state index >= 15 is 0 Å².